The lowest BCUT2D eigenvalue weighted by Crippen LogP contribution is -2.25. The first kappa shape index (κ1) is 19.2. The van der Waals surface area contributed by atoms with Crippen LogP contribution in [0.4, 0.5) is 0 Å². The van der Waals surface area contributed by atoms with Crippen molar-refractivity contribution in [1.82, 2.24) is 10.2 Å². The van der Waals surface area contributed by atoms with Gasteiger partial charge in [-0.25, -0.2) is 0 Å². The van der Waals surface area contributed by atoms with Crippen molar-refractivity contribution in [3.05, 3.63) is 58.7 Å². The van der Waals surface area contributed by atoms with Gasteiger partial charge in [0.15, 0.2) is 0 Å². The molecule has 5 nitrogen and oxygen atoms in total. The number of hydrogen-bond acceptors (Lipinski definition) is 4. The molecule has 2 aromatic carbocycles. The van der Waals surface area contributed by atoms with Gasteiger partial charge in [-0.1, -0.05) is 24.3 Å². The topological polar surface area (TPSA) is 50.8 Å². The average molecular weight is 368 g/mol. The Hall–Kier alpha value is -2.53. The predicted octanol–water partition coefficient (Wildman–Crippen LogP) is 3.54. The molecule has 0 atom stereocenters. The predicted molar refractivity (Wildman–Crippen MR) is 106 cm³/mol. The van der Waals surface area contributed by atoms with E-state index >= 15 is 0 Å². The molecule has 5 heteroatoms. The van der Waals surface area contributed by atoms with Crippen LogP contribution in [0.15, 0.2) is 36.4 Å². The summed E-state index contributed by atoms with van der Waals surface area (Å²) in [6, 6.07) is 11.8. The van der Waals surface area contributed by atoms with E-state index in [1.54, 1.807) is 26.4 Å². The number of carbonyl (C=O) groups excluding carboxylic acids is 1. The zero-order valence-electron chi connectivity index (χ0n) is 16.4. The van der Waals surface area contributed by atoms with Gasteiger partial charge in [-0.3, -0.25) is 9.69 Å². The summed E-state index contributed by atoms with van der Waals surface area (Å²) >= 11 is 0. The average Bonchev–Trinajstić information content (AvgIpc) is 3.20. The molecule has 1 aliphatic heterocycles. The number of carbonyl (C=O) groups is 1. The lowest BCUT2D eigenvalue weighted by Gasteiger charge is -2.18. The molecule has 3 rings (SSSR count). The van der Waals surface area contributed by atoms with Gasteiger partial charge in [0.2, 0.25) is 0 Å². The van der Waals surface area contributed by atoms with Crippen molar-refractivity contribution >= 4 is 5.91 Å². The lowest BCUT2D eigenvalue weighted by molar-refractivity contribution is 0.0950. The number of nitrogens with zero attached hydrogens (tertiary/aromatic N) is 1. The maximum absolute atomic E-state index is 12.7. The molecule has 0 unspecified atom stereocenters. The van der Waals surface area contributed by atoms with Gasteiger partial charge in [0.25, 0.3) is 5.91 Å². The normalized spacial score (nSPS) is 14.2. The molecule has 0 aliphatic carbocycles. The van der Waals surface area contributed by atoms with E-state index < -0.39 is 0 Å². The van der Waals surface area contributed by atoms with E-state index in [2.05, 4.69) is 28.4 Å². The zero-order valence-corrected chi connectivity index (χ0v) is 16.4. The third-order valence-corrected chi connectivity index (χ3v) is 5.16. The number of nitrogens with one attached hydrogen (secondary N) is 1. The second-order valence-corrected chi connectivity index (χ2v) is 6.94. The highest BCUT2D eigenvalue weighted by Gasteiger charge is 2.16. The minimum atomic E-state index is -0.137. The summed E-state index contributed by atoms with van der Waals surface area (Å²) in [6.07, 6.45) is 2.55. The van der Waals surface area contributed by atoms with Gasteiger partial charge in [0, 0.05) is 24.2 Å². The monoisotopic (exact) mass is 368 g/mol. The van der Waals surface area contributed by atoms with Crippen LogP contribution in [-0.2, 0) is 13.1 Å². The largest absolute Gasteiger partial charge is 0.496 e. The van der Waals surface area contributed by atoms with E-state index in [0.29, 0.717) is 23.6 Å². The van der Waals surface area contributed by atoms with Crippen LogP contribution >= 0.6 is 0 Å². The van der Waals surface area contributed by atoms with E-state index in [4.69, 9.17) is 9.47 Å². The molecule has 0 radical (unpaired) electrons. The number of methoxy groups -OCH3 is 2. The summed E-state index contributed by atoms with van der Waals surface area (Å²) in [5, 5.41) is 3.03. The molecule has 1 saturated heterocycles. The van der Waals surface area contributed by atoms with Gasteiger partial charge in [0.05, 0.1) is 14.2 Å². The molecule has 0 bridgehead atoms. The van der Waals surface area contributed by atoms with Crippen LogP contribution in [0.2, 0.25) is 0 Å². The van der Waals surface area contributed by atoms with Crippen LogP contribution in [0.25, 0.3) is 0 Å². The molecule has 2 aromatic rings. The summed E-state index contributed by atoms with van der Waals surface area (Å²) < 4.78 is 10.7. The molecule has 0 aromatic heterocycles. The molecule has 1 fully saturated rings. The van der Waals surface area contributed by atoms with Crippen LogP contribution < -0.4 is 14.8 Å². The zero-order chi connectivity index (χ0) is 19.2. The molecular weight excluding hydrogens is 340 g/mol. The molecule has 1 heterocycles. The number of rotatable bonds is 7. The summed E-state index contributed by atoms with van der Waals surface area (Å²) in [6.45, 7) is 5.67. The van der Waals surface area contributed by atoms with Crippen molar-refractivity contribution in [3.63, 3.8) is 0 Å². The van der Waals surface area contributed by atoms with Crippen molar-refractivity contribution in [1.29, 1.82) is 0 Å². The molecular formula is C22H28N2O3. The second-order valence-electron chi connectivity index (χ2n) is 6.94. The highest BCUT2D eigenvalue weighted by atomic mass is 16.5. The fourth-order valence-corrected chi connectivity index (χ4v) is 3.56. The third kappa shape index (κ3) is 4.61. The van der Waals surface area contributed by atoms with Gasteiger partial charge < -0.3 is 14.8 Å². The maximum atomic E-state index is 12.7. The van der Waals surface area contributed by atoms with E-state index in [0.717, 1.165) is 30.8 Å². The van der Waals surface area contributed by atoms with Gasteiger partial charge >= 0.3 is 0 Å². The molecule has 144 valence electrons. The summed E-state index contributed by atoms with van der Waals surface area (Å²) in [7, 11) is 3.19. The number of ether oxygens (including phenoxy) is 2. The highest BCUT2D eigenvalue weighted by molar-refractivity contribution is 5.95. The van der Waals surface area contributed by atoms with E-state index in [1.165, 1.54) is 18.4 Å². The maximum Gasteiger partial charge on any atom is 0.251 e. The molecule has 0 saturated carbocycles. The first-order valence-corrected chi connectivity index (χ1v) is 9.42. The quantitative estimate of drug-likeness (QED) is 0.812. The Morgan fingerprint density at radius 1 is 1.04 bits per heavy atom. The Morgan fingerprint density at radius 2 is 1.63 bits per heavy atom. The summed E-state index contributed by atoms with van der Waals surface area (Å²) in [5.74, 6) is 1.16. The van der Waals surface area contributed by atoms with Crippen molar-refractivity contribution in [2.45, 2.75) is 32.9 Å². The first-order valence-electron chi connectivity index (χ1n) is 9.42. The standard InChI is InChI=1S/C22H28N2O3/c1-16-20(26-2)12-19(13-21(16)27-3)22(25)23-14-17-8-4-5-9-18(17)15-24-10-6-7-11-24/h4-5,8-9,12-13H,6-7,10-11,14-15H2,1-3H3,(H,23,25). The molecule has 27 heavy (non-hydrogen) atoms. The fraction of sp³-hybridized carbons (Fsp3) is 0.409. The number of amides is 1. The number of benzene rings is 2. The Labute approximate surface area is 161 Å². The minimum absolute atomic E-state index is 0.137. The van der Waals surface area contributed by atoms with Crippen molar-refractivity contribution < 1.29 is 14.3 Å². The van der Waals surface area contributed by atoms with Gasteiger partial charge in [-0.2, -0.15) is 0 Å². The van der Waals surface area contributed by atoms with Gasteiger partial charge in [0.1, 0.15) is 11.5 Å². The Balaban J connectivity index is 1.71. The van der Waals surface area contributed by atoms with Gasteiger partial charge in [-0.15, -0.1) is 0 Å². The van der Waals surface area contributed by atoms with Crippen molar-refractivity contribution in [2.75, 3.05) is 27.3 Å². The molecule has 1 aliphatic rings. The molecule has 1 amide bonds. The van der Waals surface area contributed by atoms with Gasteiger partial charge in [-0.05, 0) is 56.1 Å². The number of likely N-dealkylation sites (tertiary alicyclic amines) is 1. The van der Waals surface area contributed by atoms with Crippen LogP contribution in [0.1, 0.15) is 39.9 Å². The minimum Gasteiger partial charge on any atom is -0.496 e. The van der Waals surface area contributed by atoms with Crippen LogP contribution in [-0.4, -0.2) is 38.1 Å². The molecule has 0 spiro atoms. The van der Waals surface area contributed by atoms with E-state index in [-0.39, 0.29) is 5.91 Å². The highest BCUT2D eigenvalue weighted by Crippen LogP contribution is 2.29. The Kier molecular flexibility index (Phi) is 6.35. The first-order chi connectivity index (χ1) is 13.1. The Bertz CT molecular complexity index is 773. The fourth-order valence-electron chi connectivity index (χ4n) is 3.56. The number of hydrogen-bond donors (Lipinski definition) is 1. The smallest absolute Gasteiger partial charge is 0.251 e. The summed E-state index contributed by atoms with van der Waals surface area (Å²) in [4.78, 5) is 15.2. The second kappa shape index (κ2) is 8.91. The van der Waals surface area contributed by atoms with Crippen molar-refractivity contribution in [2.24, 2.45) is 0 Å². The Morgan fingerprint density at radius 3 is 2.22 bits per heavy atom. The van der Waals surface area contributed by atoms with Crippen molar-refractivity contribution in [3.8, 4) is 11.5 Å². The van der Waals surface area contributed by atoms with E-state index in [1.807, 2.05) is 13.0 Å². The van der Waals surface area contributed by atoms with Crippen LogP contribution in [0.5, 0.6) is 11.5 Å². The summed E-state index contributed by atoms with van der Waals surface area (Å²) in [5.41, 5.74) is 3.85. The lowest BCUT2D eigenvalue weighted by atomic mass is 10.1. The van der Waals surface area contributed by atoms with Crippen LogP contribution in [0, 0.1) is 6.92 Å². The SMILES string of the molecule is COc1cc(C(=O)NCc2ccccc2CN2CCCC2)cc(OC)c1C. The molecule has 1 N–H and O–H groups in total. The van der Waals surface area contributed by atoms with E-state index in [9.17, 15) is 4.79 Å². The third-order valence-electron chi connectivity index (χ3n) is 5.16. The van der Waals surface area contributed by atoms with Crippen LogP contribution in [0.3, 0.4) is 0 Å².